The zero-order valence-electron chi connectivity index (χ0n) is 24.0. The molecule has 0 N–H and O–H groups in total. The Morgan fingerprint density at radius 3 is 2.18 bits per heavy atom. The van der Waals surface area contributed by atoms with Gasteiger partial charge in [-0.2, -0.15) is 26.3 Å². The molecule has 4 rings (SSSR count). The summed E-state index contributed by atoms with van der Waals surface area (Å²) in [4.78, 5) is 10.8. The lowest BCUT2D eigenvalue weighted by atomic mass is 9.90. The second kappa shape index (κ2) is 15.0. The molecule has 1 atom stereocenters. The average Bonchev–Trinajstić information content (AvgIpc) is 3.40. The van der Waals surface area contributed by atoms with E-state index in [2.05, 4.69) is 15.0 Å². The Hall–Kier alpha value is -2.12. The van der Waals surface area contributed by atoms with Crippen LogP contribution in [0, 0.1) is 0 Å². The first-order valence-electron chi connectivity index (χ1n) is 14.2. The van der Waals surface area contributed by atoms with Crippen LogP contribution in [0.25, 0.3) is 0 Å². The van der Waals surface area contributed by atoms with Gasteiger partial charge in [0.15, 0.2) is 0 Å². The molecule has 1 unspecified atom stereocenters. The fourth-order valence-corrected chi connectivity index (χ4v) is 6.45. The predicted molar refractivity (Wildman–Crippen MR) is 162 cm³/mol. The number of oxime groups is 1. The van der Waals surface area contributed by atoms with E-state index in [1.165, 1.54) is 7.11 Å². The van der Waals surface area contributed by atoms with Crippen molar-refractivity contribution < 1.29 is 35.9 Å². The number of halogens is 8. The Morgan fingerprint density at radius 2 is 1.64 bits per heavy atom. The molecule has 0 aromatic heterocycles. The summed E-state index contributed by atoms with van der Waals surface area (Å²) in [5.74, 6) is -0.374. The molecular formula is C30H33Cl2F6N3O2S. The Balaban J connectivity index is 1.47. The molecule has 242 valence electrons. The predicted octanol–water partition coefficient (Wildman–Crippen LogP) is 8.61. The molecule has 2 heterocycles. The fourth-order valence-electron chi connectivity index (χ4n) is 5.76. The molecule has 0 spiro atoms. The summed E-state index contributed by atoms with van der Waals surface area (Å²) in [6.07, 6.45) is -5.25. The number of thiocarbonyl (C=S) groups is 1. The number of nitrogens with zero attached hydrogens (tertiary/aromatic N) is 3. The van der Waals surface area contributed by atoms with Crippen LogP contribution in [0.4, 0.5) is 26.3 Å². The van der Waals surface area contributed by atoms with E-state index < -0.39 is 30.1 Å². The smallest absolute Gasteiger partial charge is 0.399 e. The van der Waals surface area contributed by atoms with Crippen LogP contribution in [-0.4, -0.2) is 66.4 Å². The first-order valence-corrected chi connectivity index (χ1v) is 15.4. The molecule has 0 amide bonds. The molecule has 2 aromatic carbocycles. The molecule has 2 fully saturated rings. The van der Waals surface area contributed by atoms with Crippen LogP contribution in [0.1, 0.15) is 60.3 Å². The van der Waals surface area contributed by atoms with E-state index in [0.717, 1.165) is 55.9 Å². The largest absolute Gasteiger partial charge is 0.416 e. The molecule has 2 saturated heterocycles. The van der Waals surface area contributed by atoms with Crippen molar-refractivity contribution >= 4 is 46.1 Å². The van der Waals surface area contributed by atoms with Crippen LogP contribution in [0.15, 0.2) is 41.6 Å². The highest BCUT2D eigenvalue weighted by Gasteiger charge is 2.37. The highest BCUT2D eigenvalue weighted by Crippen LogP contribution is 2.37. The average molecular weight is 685 g/mol. The van der Waals surface area contributed by atoms with Crippen molar-refractivity contribution in [2.45, 2.75) is 63.0 Å². The standard InChI is InChI=1S/C30H33Cl2F6N3O2S/c1-42-39-27(18-43-17-19-13-21(29(33,34)35)16-22(14-19)30(36,37)38)24(20-4-5-25(31)26(32)15-20)8-12-40-10-6-23(7-11-40)41-9-2-3-28(41)44/h4-5,13-16,23-24H,2-3,6-12,17-18H2,1H3/b39-27+. The van der Waals surface area contributed by atoms with E-state index in [4.69, 9.17) is 45.0 Å². The second-order valence-corrected chi connectivity index (χ2v) is 12.2. The van der Waals surface area contributed by atoms with Crippen LogP contribution >= 0.6 is 35.4 Å². The van der Waals surface area contributed by atoms with Gasteiger partial charge >= 0.3 is 12.4 Å². The molecule has 2 aliphatic heterocycles. The zero-order valence-corrected chi connectivity index (χ0v) is 26.3. The van der Waals surface area contributed by atoms with Gasteiger partial charge in [-0.1, -0.05) is 46.6 Å². The van der Waals surface area contributed by atoms with Crippen molar-refractivity contribution in [3.63, 3.8) is 0 Å². The maximum Gasteiger partial charge on any atom is 0.416 e. The van der Waals surface area contributed by atoms with Gasteiger partial charge in [0, 0.05) is 31.6 Å². The second-order valence-electron chi connectivity index (χ2n) is 11.0. The van der Waals surface area contributed by atoms with E-state index in [1.54, 1.807) is 18.2 Å². The summed E-state index contributed by atoms with van der Waals surface area (Å²) < 4.78 is 85.6. The van der Waals surface area contributed by atoms with Crippen molar-refractivity contribution in [1.29, 1.82) is 0 Å². The lowest BCUT2D eigenvalue weighted by Crippen LogP contribution is -2.45. The van der Waals surface area contributed by atoms with Crippen molar-refractivity contribution in [2.75, 3.05) is 39.9 Å². The molecule has 0 bridgehead atoms. The zero-order chi connectivity index (χ0) is 32.1. The van der Waals surface area contributed by atoms with Gasteiger partial charge in [0.1, 0.15) is 7.11 Å². The van der Waals surface area contributed by atoms with Gasteiger partial charge in [-0.25, -0.2) is 0 Å². The van der Waals surface area contributed by atoms with E-state index >= 15 is 0 Å². The van der Waals surface area contributed by atoms with E-state index in [0.29, 0.717) is 46.9 Å². The van der Waals surface area contributed by atoms with Crippen molar-refractivity contribution in [3.05, 3.63) is 68.7 Å². The number of hydrogen-bond acceptors (Lipinski definition) is 5. The van der Waals surface area contributed by atoms with Crippen LogP contribution in [0.5, 0.6) is 0 Å². The van der Waals surface area contributed by atoms with Crippen LogP contribution < -0.4 is 0 Å². The van der Waals surface area contributed by atoms with Crippen molar-refractivity contribution in [2.24, 2.45) is 5.16 Å². The van der Waals surface area contributed by atoms with Gasteiger partial charge in [0.05, 0.1) is 45.1 Å². The van der Waals surface area contributed by atoms with Gasteiger partial charge in [0.25, 0.3) is 0 Å². The highest BCUT2D eigenvalue weighted by molar-refractivity contribution is 7.80. The molecule has 5 nitrogen and oxygen atoms in total. The molecule has 0 radical (unpaired) electrons. The maximum absolute atomic E-state index is 13.3. The van der Waals surface area contributed by atoms with E-state index in [-0.39, 0.29) is 24.2 Å². The minimum absolute atomic E-state index is 0.0871. The first kappa shape index (κ1) is 34.7. The monoisotopic (exact) mass is 683 g/mol. The van der Waals surface area contributed by atoms with Crippen LogP contribution in [0.3, 0.4) is 0 Å². The van der Waals surface area contributed by atoms with Crippen molar-refractivity contribution in [1.82, 2.24) is 9.80 Å². The molecular weight excluding hydrogens is 651 g/mol. The summed E-state index contributed by atoms with van der Waals surface area (Å²) in [7, 11) is 1.35. The number of likely N-dealkylation sites (tertiary alicyclic amines) is 2. The van der Waals surface area contributed by atoms with Crippen LogP contribution in [-0.2, 0) is 28.5 Å². The molecule has 0 aliphatic carbocycles. The van der Waals surface area contributed by atoms with Gasteiger partial charge in [0.2, 0.25) is 0 Å². The lowest BCUT2D eigenvalue weighted by Gasteiger charge is -2.38. The fraction of sp³-hybridized carbons (Fsp3) is 0.533. The number of piperidine rings is 1. The number of benzene rings is 2. The van der Waals surface area contributed by atoms with E-state index in [1.807, 2.05) is 0 Å². The topological polar surface area (TPSA) is 37.3 Å². The molecule has 0 saturated carbocycles. The van der Waals surface area contributed by atoms with Gasteiger partial charge < -0.3 is 19.4 Å². The summed E-state index contributed by atoms with van der Waals surface area (Å²) >= 11 is 18.0. The molecule has 14 heteroatoms. The SMILES string of the molecule is CO/N=C(\COCc1cc(C(F)(F)F)cc(C(F)(F)F)c1)C(CCN1CCC(N2CCCC2=S)CC1)c1ccc(Cl)c(Cl)c1. The number of hydrogen-bond donors (Lipinski definition) is 0. The summed E-state index contributed by atoms with van der Waals surface area (Å²) in [5, 5.41) is 4.85. The van der Waals surface area contributed by atoms with Gasteiger partial charge in [-0.05, 0) is 80.1 Å². The first-order chi connectivity index (χ1) is 20.8. The van der Waals surface area contributed by atoms with Gasteiger partial charge in [-0.15, -0.1) is 0 Å². The third-order valence-corrected chi connectivity index (χ3v) is 9.14. The van der Waals surface area contributed by atoms with E-state index in [9.17, 15) is 26.3 Å². The number of ether oxygens (including phenoxy) is 1. The van der Waals surface area contributed by atoms with Crippen LogP contribution in [0.2, 0.25) is 10.0 Å². The lowest BCUT2D eigenvalue weighted by molar-refractivity contribution is -0.143. The molecule has 2 aliphatic rings. The Kier molecular flexibility index (Phi) is 11.8. The minimum atomic E-state index is -4.95. The third kappa shape index (κ3) is 9.22. The Bertz CT molecular complexity index is 1300. The van der Waals surface area contributed by atoms with Gasteiger partial charge in [-0.3, -0.25) is 0 Å². The minimum Gasteiger partial charge on any atom is -0.399 e. The Morgan fingerprint density at radius 1 is 0.977 bits per heavy atom. The molecule has 44 heavy (non-hydrogen) atoms. The Labute approximate surface area is 268 Å². The molecule has 2 aromatic rings. The highest BCUT2D eigenvalue weighted by atomic mass is 35.5. The third-order valence-electron chi connectivity index (χ3n) is 7.96. The normalized spacial score (nSPS) is 18.2. The van der Waals surface area contributed by atoms with Crippen molar-refractivity contribution in [3.8, 4) is 0 Å². The summed E-state index contributed by atoms with van der Waals surface area (Å²) in [6.45, 7) is 2.79. The summed E-state index contributed by atoms with van der Waals surface area (Å²) in [6, 6.07) is 7.00. The number of alkyl halides is 6. The summed E-state index contributed by atoms with van der Waals surface area (Å²) in [5.41, 5.74) is -1.89. The maximum atomic E-state index is 13.3. The number of rotatable bonds is 11. The quantitative estimate of drug-likeness (QED) is 0.103.